The zero-order chi connectivity index (χ0) is 8.98. The molecule has 0 aromatic carbocycles. The topological polar surface area (TPSA) is 67.5 Å². The minimum absolute atomic E-state index is 0.0284. The molecule has 0 unspecified atom stereocenters. The van der Waals surface area contributed by atoms with Gasteiger partial charge in [-0.1, -0.05) is 13.8 Å². The number of nitrogens with one attached hydrogen (secondary N) is 1. The van der Waals surface area contributed by atoms with Crippen LogP contribution in [0.15, 0.2) is 4.99 Å². The molecule has 4 heteroatoms. The highest BCUT2D eigenvalue weighted by Gasteiger charge is 2.57. The van der Waals surface area contributed by atoms with Gasteiger partial charge in [-0.05, 0) is 18.3 Å². The molecule has 2 aliphatic rings. The van der Waals surface area contributed by atoms with Crippen molar-refractivity contribution < 1.29 is 4.79 Å². The molecule has 3 N–H and O–H groups in total. The normalized spacial score (nSPS) is 29.5. The van der Waals surface area contributed by atoms with E-state index in [4.69, 9.17) is 5.73 Å². The fraction of sp³-hybridized carbons (Fsp3) is 0.750. The first-order valence-electron chi connectivity index (χ1n) is 4.10. The van der Waals surface area contributed by atoms with Crippen molar-refractivity contribution in [3.63, 3.8) is 0 Å². The van der Waals surface area contributed by atoms with E-state index in [-0.39, 0.29) is 17.3 Å². The van der Waals surface area contributed by atoms with Gasteiger partial charge < -0.3 is 5.73 Å². The van der Waals surface area contributed by atoms with Gasteiger partial charge in [-0.2, -0.15) is 0 Å². The molecule has 4 nitrogen and oxygen atoms in total. The largest absolute Gasteiger partial charge is 0.370 e. The Bertz CT molecular complexity index is 272. The number of hydrogen-bond acceptors (Lipinski definition) is 3. The molecular weight excluding hydrogens is 154 g/mol. The van der Waals surface area contributed by atoms with Crippen LogP contribution in [0.25, 0.3) is 0 Å². The number of carbonyl (C=O) groups is 1. The molecule has 1 spiro atoms. The molecule has 0 bridgehead atoms. The van der Waals surface area contributed by atoms with Crippen LogP contribution in [0.4, 0.5) is 0 Å². The lowest BCUT2D eigenvalue weighted by Gasteiger charge is -2.46. The van der Waals surface area contributed by atoms with Crippen molar-refractivity contribution in [3.8, 4) is 0 Å². The molecule has 0 aromatic rings. The van der Waals surface area contributed by atoms with Gasteiger partial charge in [-0.25, -0.2) is 4.99 Å². The molecule has 0 atom stereocenters. The highest BCUT2D eigenvalue weighted by atomic mass is 16.2. The van der Waals surface area contributed by atoms with Gasteiger partial charge in [0.25, 0.3) is 5.91 Å². The summed E-state index contributed by atoms with van der Waals surface area (Å²) in [7, 11) is 0. The average molecular weight is 167 g/mol. The lowest BCUT2D eigenvalue weighted by molar-refractivity contribution is -0.130. The Balaban J connectivity index is 2.21. The number of amides is 1. The van der Waals surface area contributed by atoms with Gasteiger partial charge in [-0.3, -0.25) is 10.1 Å². The fourth-order valence-electron chi connectivity index (χ4n) is 2.31. The van der Waals surface area contributed by atoms with Crippen molar-refractivity contribution in [2.45, 2.75) is 32.2 Å². The maximum absolute atomic E-state index is 11.4. The molecule has 2 rings (SSSR count). The molecule has 1 aliphatic carbocycles. The SMILES string of the molecule is CC1(C)CC2(C1)N=C(N)NC2=O. The summed E-state index contributed by atoms with van der Waals surface area (Å²) in [5, 5.41) is 2.54. The number of carbonyl (C=O) groups excluding carboxylic acids is 1. The van der Waals surface area contributed by atoms with Gasteiger partial charge in [0, 0.05) is 0 Å². The number of aliphatic imine (C=N–C) groups is 1. The standard InChI is InChI=1S/C8H13N3O/c1-7(2)3-8(4-7)5(12)10-6(9)11-8/h3-4H2,1-2H3,(H3,9,10,11,12). The first kappa shape index (κ1) is 7.58. The zero-order valence-corrected chi connectivity index (χ0v) is 7.35. The van der Waals surface area contributed by atoms with E-state index in [0.717, 1.165) is 12.8 Å². The van der Waals surface area contributed by atoms with E-state index >= 15 is 0 Å². The van der Waals surface area contributed by atoms with Crippen LogP contribution in [0, 0.1) is 5.41 Å². The number of nitrogens with zero attached hydrogens (tertiary/aromatic N) is 1. The molecule has 0 aromatic heterocycles. The number of hydrogen-bond donors (Lipinski definition) is 2. The number of guanidine groups is 1. The highest BCUT2D eigenvalue weighted by molar-refractivity contribution is 6.07. The Morgan fingerprint density at radius 2 is 2.08 bits per heavy atom. The third kappa shape index (κ3) is 0.838. The van der Waals surface area contributed by atoms with Crippen LogP contribution < -0.4 is 11.1 Å². The second kappa shape index (κ2) is 1.81. The van der Waals surface area contributed by atoms with E-state index in [1.54, 1.807) is 0 Å². The third-order valence-corrected chi connectivity index (χ3v) is 2.54. The Morgan fingerprint density at radius 1 is 1.50 bits per heavy atom. The number of nitrogens with two attached hydrogens (primary N) is 1. The van der Waals surface area contributed by atoms with Gasteiger partial charge >= 0.3 is 0 Å². The van der Waals surface area contributed by atoms with Gasteiger partial charge in [0.05, 0.1) is 0 Å². The van der Waals surface area contributed by atoms with Crippen molar-refractivity contribution in [2.24, 2.45) is 16.1 Å². The molecule has 1 saturated carbocycles. The fourth-order valence-corrected chi connectivity index (χ4v) is 2.31. The molecular formula is C8H13N3O. The summed E-state index contributed by atoms with van der Waals surface area (Å²) in [6.45, 7) is 4.27. The third-order valence-electron chi connectivity index (χ3n) is 2.54. The first-order chi connectivity index (χ1) is 5.44. The van der Waals surface area contributed by atoms with Crippen molar-refractivity contribution >= 4 is 11.9 Å². The van der Waals surface area contributed by atoms with Crippen molar-refractivity contribution in [1.29, 1.82) is 0 Å². The van der Waals surface area contributed by atoms with Crippen LogP contribution in [0.3, 0.4) is 0 Å². The monoisotopic (exact) mass is 167 g/mol. The minimum Gasteiger partial charge on any atom is -0.370 e. The predicted molar refractivity (Wildman–Crippen MR) is 45.5 cm³/mol. The van der Waals surface area contributed by atoms with E-state index < -0.39 is 5.54 Å². The van der Waals surface area contributed by atoms with E-state index in [2.05, 4.69) is 24.2 Å². The molecule has 1 aliphatic heterocycles. The summed E-state index contributed by atoms with van der Waals surface area (Å²) < 4.78 is 0. The lowest BCUT2D eigenvalue weighted by atomic mass is 9.59. The quantitative estimate of drug-likeness (QED) is 0.533. The van der Waals surface area contributed by atoms with Crippen LogP contribution in [0.2, 0.25) is 0 Å². The van der Waals surface area contributed by atoms with Crippen LogP contribution >= 0.6 is 0 Å². The Kier molecular flexibility index (Phi) is 1.14. The average Bonchev–Trinajstić information content (AvgIpc) is 2.04. The minimum atomic E-state index is -0.506. The van der Waals surface area contributed by atoms with Crippen molar-refractivity contribution in [3.05, 3.63) is 0 Å². The van der Waals surface area contributed by atoms with Crippen LogP contribution in [0.5, 0.6) is 0 Å². The Morgan fingerprint density at radius 3 is 2.42 bits per heavy atom. The summed E-state index contributed by atoms with van der Waals surface area (Å²) in [4.78, 5) is 15.5. The Labute approximate surface area is 71.2 Å². The summed E-state index contributed by atoms with van der Waals surface area (Å²) in [5.74, 6) is 0.245. The van der Waals surface area contributed by atoms with E-state index in [0.29, 0.717) is 0 Å². The number of rotatable bonds is 0. The molecule has 1 heterocycles. The smallest absolute Gasteiger partial charge is 0.254 e. The summed E-state index contributed by atoms with van der Waals surface area (Å²) in [6, 6.07) is 0. The first-order valence-corrected chi connectivity index (χ1v) is 4.10. The highest BCUT2D eigenvalue weighted by Crippen LogP contribution is 2.51. The van der Waals surface area contributed by atoms with E-state index in [1.165, 1.54) is 0 Å². The summed E-state index contributed by atoms with van der Waals surface area (Å²) in [6.07, 6.45) is 1.62. The molecule has 1 amide bonds. The molecule has 66 valence electrons. The van der Waals surface area contributed by atoms with Crippen LogP contribution in [-0.2, 0) is 4.79 Å². The molecule has 1 fully saturated rings. The van der Waals surface area contributed by atoms with Crippen LogP contribution in [-0.4, -0.2) is 17.4 Å². The lowest BCUT2D eigenvalue weighted by Crippen LogP contribution is -2.53. The second-order valence-corrected chi connectivity index (χ2v) is 4.50. The van der Waals surface area contributed by atoms with E-state index in [1.807, 2.05) is 0 Å². The maximum atomic E-state index is 11.4. The summed E-state index contributed by atoms with van der Waals surface area (Å²) in [5.41, 5.74) is 5.15. The molecule has 0 radical (unpaired) electrons. The Hall–Kier alpha value is -1.06. The molecule has 12 heavy (non-hydrogen) atoms. The van der Waals surface area contributed by atoms with Gasteiger partial charge in [0.1, 0.15) is 5.54 Å². The van der Waals surface area contributed by atoms with Gasteiger partial charge in [0.2, 0.25) is 0 Å². The van der Waals surface area contributed by atoms with E-state index in [9.17, 15) is 4.79 Å². The molecule has 0 saturated heterocycles. The van der Waals surface area contributed by atoms with Crippen molar-refractivity contribution in [1.82, 2.24) is 5.32 Å². The maximum Gasteiger partial charge on any atom is 0.254 e. The van der Waals surface area contributed by atoms with Crippen molar-refractivity contribution in [2.75, 3.05) is 0 Å². The predicted octanol–water partition coefficient (Wildman–Crippen LogP) is -0.0103. The zero-order valence-electron chi connectivity index (χ0n) is 7.35. The van der Waals surface area contributed by atoms with Gasteiger partial charge in [-0.15, -0.1) is 0 Å². The van der Waals surface area contributed by atoms with Gasteiger partial charge in [0.15, 0.2) is 5.96 Å². The summed E-state index contributed by atoms with van der Waals surface area (Å²) >= 11 is 0. The van der Waals surface area contributed by atoms with Crippen LogP contribution in [0.1, 0.15) is 26.7 Å². The second-order valence-electron chi connectivity index (χ2n) is 4.50.